The van der Waals surface area contributed by atoms with Crippen LogP contribution in [-0.4, -0.2) is 23.0 Å². The zero-order valence-corrected chi connectivity index (χ0v) is 11.6. The summed E-state index contributed by atoms with van der Waals surface area (Å²) in [4.78, 5) is 19.3. The Morgan fingerprint density at radius 2 is 2.24 bits per heavy atom. The Morgan fingerprint density at radius 3 is 3.00 bits per heavy atom. The lowest BCUT2D eigenvalue weighted by Crippen LogP contribution is -2.23. The first-order valence-electron chi connectivity index (χ1n) is 6.60. The molecule has 1 amide bonds. The molecule has 21 heavy (non-hydrogen) atoms. The number of aromatic amines is 1. The molecule has 1 aromatic carbocycles. The summed E-state index contributed by atoms with van der Waals surface area (Å²) >= 11 is 0. The van der Waals surface area contributed by atoms with Crippen LogP contribution < -0.4 is 10.1 Å². The Morgan fingerprint density at radius 1 is 1.33 bits per heavy atom. The number of hydrogen-bond donors (Lipinski definition) is 2. The van der Waals surface area contributed by atoms with Gasteiger partial charge < -0.3 is 15.0 Å². The molecule has 0 atom stereocenters. The number of aromatic nitrogens is 2. The van der Waals surface area contributed by atoms with E-state index in [1.165, 1.54) is 0 Å². The van der Waals surface area contributed by atoms with Crippen LogP contribution in [0.3, 0.4) is 0 Å². The summed E-state index contributed by atoms with van der Waals surface area (Å²) in [7, 11) is 1.62. The number of fused-ring (bicyclic) bond motifs is 1. The Kier molecular flexibility index (Phi) is 3.55. The van der Waals surface area contributed by atoms with Gasteiger partial charge in [0, 0.05) is 29.8 Å². The van der Waals surface area contributed by atoms with Crippen LogP contribution in [0.25, 0.3) is 10.9 Å². The van der Waals surface area contributed by atoms with Crippen LogP contribution in [-0.2, 0) is 6.54 Å². The van der Waals surface area contributed by atoms with Gasteiger partial charge >= 0.3 is 0 Å². The zero-order valence-electron chi connectivity index (χ0n) is 11.6. The highest BCUT2D eigenvalue weighted by atomic mass is 16.5. The number of amides is 1. The van der Waals surface area contributed by atoms with Gasteiger partial charge in [-0.3, -0.25) is 9.78 Å². The second kappa shape index (κ2) is 5.66. The molecule has 0 unspecified atom stereocenters. The van der Waals surface area contributed by atoms with Crippen molar-refractivity contribution < 1.29 is 9.53 Å². The molecular weight excluding hydrogens is 266 g/mol. The first-order valence-corrected chi connectivity index (χ1v) is 6.60. The molecule has 0 radical (unpaired) electrons. The number of methoxy groups -OCH3 is 1. The lowest BCUT2D eigenvalue weighted by atomic mass is 10.2. The van der Waals surface area contributed by atoms with E-state index >= 15 is 0 Å². The Bertz CT molecular complexity index is 766. The van der Waals surface area contributed by atoms with Crippen molar-refractivity contribution in [1.29, 1.82) is 0 Å². The van der Waals surface area contributed by atoms with Gasteiger partial charge in [0.25, 0.3) is 5.91 Å². The summed E-state index contributed by atoms with van der Waals surface area (Å²) in [5, 5.41) is 3.81. The Labute approximate surface area is 122 Å². The van der Waals surface area contributed by atoms with Crippen molar-refractivity contribution >= 4 is 16.8 Å². The summed E-state index contributed by atoms with van der Waals surface area (Å²) in [6, 6.07) is 11.2. The number of pyridine rings is 1. The van der Waals surface area contributed by atoms with Crippen LogP contribution in [0, 0.1) is 0 Å². The fourth-order valence-electron chi connectivity index (χ4n) is 2.14. The number of rotatable bonds is 4. The number of carbonyl (C=O) groups excluding carboxylic acids is 1. The molecule has 3 aromatic rings. The van der Waals surface area contributed by atoms with Crippen LogP contribution in [0.4, 0.5) is 0 Å². The maximum Gasteiger partial charge on any atom is 0.267 e. The van der Waals surface area contributed by atoms with Crippen molar-refractivity contribution in [3.8, 4) is 5.75 Å². The molecule has 0 bridgehead atoms. The van der Waals surface area contributed by atoms with Crippen LogP contribution >= 0.6 is 0 Å². The van der Waals surface area contributed by atoms with E-state index in [1.807, 2.05) is 36.4 Å². The summed E-state index contributed by atoms with van der Waals surface area (Å²) in [5.41, 5.74) is 2.40. The normalized spacial score (nSPS) is 10.5. The van der Waals surface area contributed by atoms with Gasteiger partial charge in [-0.25, -0.2) is 0 Å². The second-order valence-corrected chi connectivity index (χ2v) is 4.68. The third kappa shape index (κ3) is 2.86. The third-order valence-corrected chi connectivity index (χ3v) is 3.25. The second-order valence-electron chi connectivity index (χ2n) is 4.68. The van der Waals surface area contributed by atoms with Gasteiger partial charge in [0.05, 0.1) is 7.11 Å². The van der Waals surface area contributed by atoms with Gasteiger partial charge in [-0.1, -0.05) is 6.07 Å². The fraction of sp³-hybridized carbons (Fsp3) is 0.125. The van der Waals surface area contributed by atoms with Crippen molar-refractivity contribution in [2.24, 2.45) is 0 Å². The van der Waals surface area contributed by atoms with Crippen LogP contribution in [0.2, 0.25) is 0 Å². The lowest BCUT2D eigenvalue weighted by Gasteiger charge is -2.02. The molecule has 5 heteroatoms. The van der Waals surface area contributed by atoms with E-state index in [0.717, 1.165) is 22.2 Å². The summed E-state index contributed by atoms with van der Waals surface area (Å²) in [6.45, 7) is 0.450. The van der Waals surface area contributed by atoms with Crippen molar-refractivity contribution in [3.63, 3.8) is 0 Å². The molecule has 0 spiro atoms. The minimum absolute atomic E-state index is 0.144. The number of nitrogens with one attached hydrogen (secondary N) is 2. The molecule has 2 heterocycles. The van der Waals surface area contributed by atoms with Crippen molar-refractivity contribution in [1.82, 2.24) is 15.3 Å². The van der Waals surface area contributed by atoms with E-state index in [1.54, 1.807) is 19.5 Å². The summed E-state index contributed by atoms with van der Waals surface area (Å²) < 4.78 is 5.18. The number of hydrogen-bond acceptors (Lipinski definition) is 3. The smallest absolute Gasteiger partial charge is 0.267 e. The van der Waals surface area contributed by atoms with Crippen molar-refractivity contribution in [2.75, 3.05) is 7.11 Å². The number of ether oxygens (including phenoxy) is 1. The van der Waals surface area contributed by atoms with Crippen LogP contribution in [0.1, 0.15) is 16.1 Å². The molecule has 106 valence electrons. The predicted octanol–water partition coefficient (Wildman–Crippen LogP) is 2.50. The fourth-order valence-corrected chi connectivity index (χ4v) is 2.14. The topological polar surface area (TPSA) is 67.0 Å². The Hall–Kier alpha value is -2.82. The van der Waals surface area contributed by atoms with Gasteiger partial charge in [0.1, 0.15) is 11.4 Å². The van der Waals surface area contributed by atoms with E-state index in [9.17, 15) is 4.79 Å². The number of benzene rings is 1. The summed E-state index contributed by atoms with van der Waals surface area (Å²) in [5.74, 6) is 0.623. The molecule has 0 aliphatic heterocycles. The van der Waals surface area contributed by atoms with Crippen molar-refractivity contribution in [3.05, 3.63) is 60.0 Å². The highest BCUT2D eigenvalue weighted by Gasteiger charge is 2.09. The third-order valence-electron chi connectivity index (χ3n) is 3.25. The molecule has 2 N–H and O–H groups in total. The molecule has 0 saturated heterocycles. The van der Waals surface area contributed by atoms with Crippen molar-refractivity contribution in [2.45, 2.75) is 6.54 Å². The number of nitrogens with zero attached hydrogens (tertiary/aromatic N) is 1. The molecule has 5 nitrogen and oxygen atoms in total. The predicted molar refractivity (Wildman–Crippen MR) is 80.3 cm³/mol. The van der Waals surface area contributed by atoms with E-state index in [0.29, 0.717) is 12.2 Å². The van der Waals surface area contributed by atoms with Gasteiger partial charge in [0.2, 0.25) is 0 Å². The van der Waals surface area contributed by atoms with Gasteiger partial charge in [-0.2, -0.15) is 0 Å². The Balaban J connectivity index is 1.75. The molecule has 0 saturated carbocycles. The minimum Gasteiger partial charge on any atom is -0.497 e. The van der Waals surface area contributed by atoms with E-state index in [4.69, 9.17) is 4.74 Å². The average molecular weight is 281 g/mol. The first kappa shape index (κ1) is 13.2. The number of carbonyl (C=O) groups is 1. The standard InChI is InChI=1S/C16H15N3O2/c1-21-13-4-5-14-12(7-13)8-15(19-14)16(20)18-10-11-3-2-6-17-9-11/h2-9,19H,10H2,1H3,(H,18,20). The number of H-pyrrole nitrogens is 1. The van der Waals surface area contributed by atoms with E-state index in [-0.39, 0.29) is 5.91 Å². The maximum atomic E-state index is 12.1. The van der Waals surface area contributed by atoms with Gasteiger partial charge in [0.15, 0.2) is 0 Å². The van der Waals surface area contributed by atoms with Gasteiger partial charge in [-0.15, -0.1) is 0 Å². The molecule has 0 aliphatic rings. The average Bonchev–Trinajstić information content (AvgIpc) is 2.96. The molecule has 0 fully saturated rings. The largest absolute Gasteiger partial charge is 0.497 e. The zero-order chi connectivity index (χ0) is 14.7. The SMILES string of the molecule is COc1ccc2[nH]c(C(=O)NCc3cccnc3)cc2c1. The van der Waals surface area contributed by atoms with E-state index in [2.05, 4.69) is 15.3 Å². The summed E-state index contributed by atoms with van der Waals surface area (Å²) in [6.07, 6.45) is 3.44. The minimum atomic E-state index is -0.144. The molecule has 3 rings (SSSR count). The first-order chi connectivity index (χ1) is 10.3. The lowest BCUT2D eigenvalue weighted by molar-refractivity contribution is 0.0946. The van der Waals surface area contributed by atoms with E-state index < -0.39 is 0 Å². The molecule has 0 aliphatic carbocycles. The molecular formula is C16H15N3O2. The molecule has 2 aromatic heterocycles. The highest BCUT2D eigenvalue weighted by Crippen LogP contribution is 2.21. The highest BCUT2D eigenvalue weighted by molar-refractivity contribution is 5.98. The maximum absolute atomic E-state index is 12.1. The van der Waals surface area contributed by atoms with Crippen LogP contribution in [0.5, 0.6) is 5.75 Å². The monoisotopic (exact) mass is 281 g/mol. The van der Waals surface area contributed by atoms with Gasteiger partial charge in [-0.05, 0) is 35.9 Å². The van der Waals surface area contributed by atoms with Crippen LogP contribution in [0.15, 0.2) is 48.8 Å². The quantitative estimate of drug-likeness (QED) is 0.772.